The third-order valence-electron chi connectivity index (χ3n) is 6.30. The SMILES string of the molecule is O=C1CCc2ccc(OCCCN3CCC(c4noc5cc(F)ccc45)CC3)cc2N1. The number of rotatable bonds is 6. The highest BCUT2D eigenvalue weighted by molar-refractivity contribution is 5.94. The second kappa shape index (κ2) is 8.67. The molecule has 1 saturated heterocycles. The number of anilines is 1. The molecule has 1 fully saturated rings. The van der Waals surface area contributed by atoms with Gasteiger partial charge >= 0.3 is 0 Å². The molecule has 7 heteroatoms. The summed E-state index contributed by atoms with van der Waals surface area (Å²) in [7, 11) is 0. The van der Waals surface area contributed by atoms with Crippen molar-refractivity contribution in [2.24, 2.45) is 0 Å². The molecule has 0 bridgehead atoms. The number of ether oxygens (including phenoxy) is 1. The van der Waals surface area contributed by atoms with Gasteiger partial charge in [0, 0.05) is 42.1 Å². The first-order chi connectivity index (χ1) is 15.2. The number of fused-ring (bicyclic) bond motifs is 2. The first-order valence-electron chi connectivity index (χ1n) is 11.0. The normalized spacial score (nSPS) is 17.5. The number of carbonyl (C=O) groups is 1. The van der Waals surface area contributed by atoms with Gasteiger partial charge < -0.3 is 19.5 Å². The topological polar surface area (TPSA) is 67.6 Å². The van der Waals surface area contributed by atoms with Gasteiger partial charge in [0.25, 0.3) is 0 Å². The lowest BCUT2D eigenvalue weighted by molar-refractivity contribution is -0.116. The molecule has 1 aromatic heterocycles. The highest BCUT2D eigenvalue weighted by Gasteiger charge is 2.25. The number of nitrogens with zero attached hydrogens (tertiary/aromatic N) is 2. The summed E-state index contributed by atoms with van der Waals surface area (Å²) in [5.41, 5.74) is 3.52. The third kappa shape index (κ3) is 4.42. The summed E-state index contributed by atoms with van der Waals surface area (Å²) in [6, 6.07) is 10.6. The summed E-state index contributed by atoms with van der Waals surface area (Å²) >= 11 is 0. The van der Waals surface area contributed by atoms with Crippen molar-refractivity contribution in [3.63, 3.8) is 0 Å². The Morgan fingerprint density at radius 3 is 2.90 bits per heavy atom. The van der Waals surface area contributed by atoms with Crippen LogP contribution < -0.4 is 10.1 Å². The van der Waals surface area contributed by atoms with E-state index in [0.717, 1.165) is 67.8 Å². The number of likely N-dealkylation sites (tertiary alicyclic amines) is 1. The van der Waals surface area contributed by atoms with Crippen molar-refractivity contribution in [2.75, 3.05) is 31.6 Å². The minimum Gasteiger partial charge on any atom is -0.493 e. The van der Waals surface area contributed by atoms with Gasteiger partial charge in [-0.1, -0.05) is 11.2 Å². The van der Waals surface area contributed by atoms with Gasteiger partial charge in [0.2, 0.25) is 5.91 Å². The minimum absolute atomic E-state index is 0.0684. The number of hydrogen-bond acceptors (Lipinski definition) is 5. The Labute approximate surface area is 180 Å². The molecule has 1 N–H and O–H groups in total. The summed E-state index contributed by atoms with van der Waals surface area (Å²) in [5.74, 6) is 0.921. The van der Waals surface area contributed by atoms with Gasteiger partial charge in [-0.3, -0.25) is 4.79 Å². The van der Waals surface area contributed by atoms with E-state index < -0.39 is 0 Å². The monoisotopic (exact) mass is 423 g/mol. The van der Waals surface area contributed by atoms with Crippen LogP contribution in [-0.2, 0) is 11.2 Å². The number of aryl methyl sites for hydroxylation is 1. The van der Waals surface area contributed by atoms with E-state index in [4.69, 9.17) is 9.26 Å². The number of nitrogens with one attached hydrogen (secondary N) is 1. The summed E-state index contributed by atoms with van der Waals surface area (Å²) in [6.45, 7) is 3.64. The van der Waals surface area contributed by atoms with Gasteiger partial charge in [-0.25, -0.2) is 4.39 Å². The molecule has 2 aliphatic rings. The number of benzene rings is 2. The number of amides is 1. The van der Waals surface area contributed by atoms with Crippen molar-refractivity contribution in [1.29, 1.82) is 0 Å². The van der Waals surface area contributed by atoms with Crippen LogP contribution in [0.5, 0.6) is 5.75 Å². The van der Waals surface area contributed by atoms with E-state index >= 15 is 0 Å². The third-order valence-corrected chi connectivity index (χ3v) is 6.30. The van der Waals surface area contributed by atoms with Crippen LogP contribution in [-0.4, -0.2) is 42.2 Å². The molecular formula is C24H26FN3O3. The van der Waals surface area contributed by atoms with E-state index in [1.807, 2.05) is 18.2 Å². The van der Waals surface area contributed by atoms with E-state index in [0.29, 0.717) is 24.5 Å². The predicted octanol–water partition coefficient (Wildman–Crippen LogP) is 4.50. The second-order valence-electron chi connectivity index (χ2n) is 8.39. The quantitative estimate of drug-likeness (QED) is 0.592. The molecule has 162 valence electrons. The maximum absolute atomic E-state index is 13.4. The van der Waals surface area contributed by atoms with Crippen LogP contribution in [0.25, 0.3) is 11.0 Å². The molecule has 3 heterocycles. The van der Waals surface area contributed by atoms with Gasteiger partial charge in [-0.15, -0.1) is 0 Å². The number of piperidine rings is 1. The fourth-order valence-electron chi connectivity index (χ4n) is 4.57. The Morgan fingerprint density at radius 2 is 2.03 bits per heavy atom. The molecule has 0 atom stereocenters. The molecule has 1 amide bonds. The number of aromatic nitrogens is 1. The standard InChI is InChI=1S/C24H26FN3O3/c25-18-4-6-20-22(14-18)31-27-24(20)17-8-11-28(12-9-17)10-1-13-30-19-5-2-16-3-7-23(29)26-21(16)15-19/h2,4-6,14-15,17H,1,3,7-13H2,(H,26,29). The van der Waals surface area contributed by atoms with Crippen LogP contribution >= 0.6 is 0 Å². The maximum Gasteiger partial charge on any atom is 0.224 e. The van der Waals surface area contributed by atoms with Crippen molar-refractivity contribution in [1.82, 2.24) is 10.1 Å². The molecule has 2 aromatic carbocycles. The molecule has 31 heavy (non-hydrogen) atoms. The van der Waals surface area contributed by atoms with Crippen molar-refractivity contribution in [3.8, 4) is 5.75 Å². The molecule has 2 aliphatic heterocycles. The Morgan fingerprint density at radius 1 is 1.16 bits per heavy atom. The van der Waals surface area contributed by atoms with Crippen LogP contribution in [0, 0.1) is 5.82 Å². The van der Waals surface area contributed by atoms with Crippen molar-refractivity contribution >= 4 is 22.6 Å². The van der Waals surface area contributed by atoms with E-state index in [2.05, 4.69) is 15.4 Å². The summed E-state index contributed by atoms with van der Waals surface area (Å²) < 4.78 is 24.6. The van der Waals surface area contributed by atoms with Gasteiger partial charge in [0.1, 0.15) is 11.6 Å². The molecule has 5 rings (SSSR count). The average Bonchev–Trinajstić information content (AvgIpc) is 3.20. The van der Waals surface area contributed by atoms with Gasteiger partial charge in [-0.2, -0.15) is 0 Å². The van der Waals surface area contributed by atoms with Crippen LogP contribution in [0.1, 0.15) is 42.9 Å². The lowest BCUT2D eigenvalue weighted by atomic mass is 9.91. The average molecular weight is 423 g/mol. The lowest BCUT2D eigenvalue weighted by Crippen LogP contribution is -2.34. The smallest absolute Gasteiger partial charge is 0.224 e. The Hall–Kier alpha value is -2.93. The van der Waals surface area contributed by atoms with Crippen LogP contribution in [0.4, 0.5) is 10.1 Å². The summed E-state index contributed by atoms with van der Waals surface area (Å²) in [4.78, 5) is 14.0. The van der Waals surface area contributed by atoms with E-state index in [1.54, 1.807) is 6.07 Å². The first kappa shape index (κ1) is 20.0. The zero-order valence-corrected chi connectivity index (χ0v) is 17.4. The first-order valence-corrected chi connectivity index (χ1v) is 11.0. The van der Waals surface area contributed by atoms with Crippen molar-refractivity contribution in [3.05, 3.63) is 53.5 Å². The molecular weight excluding hydrogens is 397 g/mol. The number of carbonyl (C=O) groups excluding carboxylic acids is 1. The van der Waals surface area contributed by atoms with E-state index in [-0.39, 0.29) is 11.7 Å². The van der Waals surface area contributed by atoms with Crippen molar-refractivity contribution in [2.45, 2.75) is 38.0 Å². The van der Waals surface area contributed by atoms with Gasteiger partial charge in [-0.05, 0) is 62.5 Å². The van der Waals surface area contributed by atoms with Crippen LogP contribution in [0.3, 0.4) is 0 Å². The molecule has 0 saturated carbocycles. The summed E-state index contributed by atoms with van der Waals surface area (Å²) in [5, 5.41) is 8.06. The fraction of sp³-hybridized carbons (Fsp3) is 0.417. The van der Waals surface area contributed by atoms with Crippen molar-refractivity contribution < 1.29 is 18.4 Å². The van der Waals surface area contributed by atoms with E-state index in [1.165, 1.54) is 17.7 Å². The molecule has 3 aromatic rings. The Bertz CT molecular complexity index is 1090. The highest BCUT2D eigenvalue weighted by atomic mass is 19.1. The molecule has 0 aliphatic carbocycles. The van der Waals surface area contributed by atoms with Gasteiger partial charge in [0.05, 0.1) is 12.3 Å². The Kier molecular flexibility index (Phi) is 5.59. The second-order valence-corrected chi connectivity index (χ2v) is 8.39. The van der Waals surface area contributed by atoms with Crippen LogP contribution in [0.15, 0.2) is 40.9 Å². The minimum atomic E-state index is -0.299. The Balaban J connectivity index is 1.08. The predicted molar refractivity (Wildman–Crippen MR) is 116 cm³/mol. The largest absolute Gasteiger partial charge is 0.493 e. The molecule has 6 nitrogen and oxygen atoms in total. The fourth-order valence-corrected chi connectivity index (χ4v) is 4.57. The molecule has 0 unspecified atom stereocenters. The zero-order valence-electron chi connectivity index (χ0n) is 17.4. The number of halogens is 1. The maximum atomic E-state index is 13.4. The zero-order chi connectivity index (χ0) is 21.2. The molecule has 0 spiro atoms. The summed E-state index contributed by atoms with van der Waals surface area (Å²) in [6.07, 6.45) is 4.32. The van der Waals surface area contributed by atoms with Gasteiger partial charge in [0.15, 0.2) is 5.58 Å². The van der Waals surface area contributed by atoms with E-state index in [9.17, 15) is 9.18 Å². The van der Waals surface area contributed by atoms with Crippen LogP contribution in [0.2, 0.25) is 0 Å². The lowest BCUT2D eigenvalue weighted by Gasteiger charge is -2.31. The molecule has 0 radical (unpaired) electrons. The highest BCUT2D eigenvalue weighted by Crippen LogP contribution is 2.33. The number of hydrogen-bond donors (Lipinski definition) is 1.